The van der Waals surface area contributed by atoms with E-state index in [0.717, 1.165) is 26.0 Å². The van der Waals surface area contributed by atoms with E-state index in [9.17, 15) is 0 Å². The van der Waals surface area contributed by atoms with E-state index in [1.54, 1.807) is 11.0 Å². The molecule has 0 radical (unpaired) electrons. The summed E-state index contributed by atoms with van der Waals surface area (Å²) < 4.78 is 5.42. The van der Waals surface area contributed by atoms with Crippen molar-refractivity contribution >= 4 is 5.82 Å². The molecule has 1 aromatic heterocycles. The standard InChI is InChI=1S/C7H12N4O/c8-7-4-9-11(10-7)5-6-2-1-3-12-6/h4,6H,1-3,5H2,(H2,8,10)/t6-/m1/s1. The molecule has 1 saturated heterocycles. The highest BCUT2D eigenvalue weighted by atomic mass is 16.5. The number of nitrogen functional groups attached to an aromatic ring is 1. The van der Waals surface area contributed by atoms with Crippen LogP contribution in [0.1, 0.15) is 12.8 Å². The van der Waals surface area contributed by atoms with E-state index in [0.29, 0.717) is 5.82 Å². The van der Waals surface area contributed by atoms with Gasteiger partial charge >= 0.3 is 0 Å². The van der Waals surface area contributed by atoms with Crippen LogP contribution in [0.2, 0.25) is 0 Å². The summed E-state index contributed by atoms with van der Waals surface area (Å²) in [7, 11) is 0. The Labute approximate surface area is 70.5 Å². The largest absolute Gasteiger partial charge is 0.381 e. The van der Waals surface area contributed by atoms with Gasteiger partial charge in [0.05, 0.1) is 18.8 Å². The third kappa shape index (κ3) is 1.55. The highest BCUT2D eigenvalue weighted by Gasteiger charge is 2.16. The number of hydrogen-bond acceptors (Lipinski definition) is 4. The Morgan fingerprint density at radius 3 is 3.25 bits per heavy atom. The minimum Gasteiger partial charge on any atom is -0.381 e. The van der Waals surface area contributed by atoms with Gasteiger partial charge in [-0.25, -0.2) is 0 Å². The monoisotopic (exact) mass is 168 g/mol. The molecule has 2 heterocycles. The van der Waals surface area contributed by atoms with Gasteiger partial charge in [0.25, 0.3) is 0 Å². The van der Waals surface area contributed by atoms with Gasteiger partial charge in [0.2, 0.25) is 0 Å². The molecule has 2 N–H and O–H groups in total. The summed E-state index contributed by atoms with van der Waals surface area (Å²) in [5.74, 6) is 0.466. The van der Waals surface area contributed by atoms with Crippen molar-refractivity contribution in [1.82, 2.24) is 15.0 Å². The topological polar surface area (TPSA) is 66.0 Å². The van der Waals surface area contributed by atoms with Gasteiger partial charge in [-0.3, -0.25) is 0 Å². The first-order valence-corrected chi connectivity index (χ1v) is 4.12. The van der Waals surface area contributed by atoms with Crippen molar-refractivity contribution < 1.29 is 4.74 Å². The molecular formula is C7H12N4O. The fourth-order valence-corrected chi connectivity index (χ4v) is 1.37. The number of aromatic nitrogens is 3. The Morgan fingerprint density at radius 2 is 2.67 bits per heavy atom. The predicted molar refractivity (Wildman–Crippen MR) is 43.4 cm³/mol. The van der Waals surface area contributed by atoms with Crippen LogP contribution in [0.25, 0.3) is 0 Å². The van der Waals surface area contributed by atoms with Gasteiger partial charge < -0.3 is 10.5 Å². The zero-order valence-electron chi connectivity index (χ0n) is 6.81. The van der Waals surface area contributed by atoms with Crippen LogP contribution in [0.5, 0.6) is 0 Å². The van der Waals surface area contributed by atoms with E-state index in [4.69, 9.17) is 10.5 Å². The second kappa shape index (κ2) is 3.10. The lowest BCUT2D eigenvalue weighted by Gasteiger charge is -2.06. The van der Waals surface area contributed by atoms with Crippen molar-refractivity contribution in [2.75, 3.05) is 12.3 Å². The van der Waals surface area contributed by atoms with Gasteiger partial charge in [-0.05, 0) is 12.8 Å². The Bertz CT molecular complexity index is 254. The van der Waals surface area contributed by atoms with Crippen molar-refractivity contribution in [3.05, 3.63) is 6.20 Å². The molecule has 0 aliphatic carbocycles. The number of rotatable bonds is 2. The molecule has 1 aliphatic rings. The molecule has 0 saturated carbocycles. The molecule has 1 fully saturated rings. The van der Waals surface area contributed by atoms with E-state index in [2.05, 4.69) is 10.2 Å². The smallest absolute Gasteiger partial charge is 0.165 e. The van der Waals surface area contributed by atoms with Crippen LogP contribution in [-0.2, 0) is 11.3 Å². The lowest BCUT2D eigenvalue weighted by atomic mass is 10.2. The second-order valence-electron chi connectivity index (χ2n) is 2.96. The molecule has 1 aromatic rings. The number of anilines is 1. The number of hydrogen-bond donors (Lipinski definition) is 1. The van der Waals surface area contributed by atoms with Crippen molar-refractivity contribution in [3.8, 4) is 0 Å². The fourth-order valence-electron chi connectivity index (χ4n) is 1.37. The third-order valence-corrected chi connectivity index (χ3v) is 1.95. The van der Waals surface area contributed by atoms with Crippen LogP contribution in [-0.4, -0.2) is 27.7 Å². The van der Waals surface area contributed by atoms with Crippen molar-refractivity contribution in [2.45, 2.75) is 25.5 Å². The Hall–Kier alpha value is -1.10. The van der Waals surface area contributed by atoms with Gasteiger partial charge in [-0.1, -0.05) is 0 Å². The predicted octanol–water partition coefficient (Wildman–Crippen LogP) is 0.0393. The molecule has 1 aliphatic heterocycles. The van der Waals surface area contributed by atoms with Gasteiger partial charge in [0, 0.05) is 6.61 Å². The molecule has 0 amide bonds. The van der Waals surface area contributed by atoms with E-state index in [1.807, 2.05) is 0 Å². The SMILES string of the molecule is Nc1cnn(C[C@H]2CCCO2)n1. The quantitative estimate of drug-likeness (QED) is 0.677. The van der Waals surface area contributed by atoms with Gasteiger partial charge in [-0.15, -0.1) is 5.10 Å². The summed E-state index contributed by atoms with van der Waals surface area (Å²) in [6, 6.07) is 0. The summed E-state index contributed by atoms with van der Waals surface area (Å²) >= 11 is 0. The van der Waals surface area contributed by atoms with Gasteiger partial charge in [0.15, 0.2) is 5.82 Å². The summed E-state index contributed by atoms with van der Waals surface area (Å²) in [6.45, 7) is 1.58. The fraction of sp³-hybridized carbons (Fsp3) is 0.714. The van der Waals surface area contributed by atoms with Crippen molar-refractivity contribution in [1.29, 1.82) is 0 Å². The highest BCUT2D eigenvalue weighted by Crippen LogP contribution is 2.13. The second-order valence-corrected chi connectivity index (χ2v) is 2.96. The van der Waals surface area contributed by atoms with Crippen LogP contribution < -0.4 is 5.73 Å². The first-order valence-electron chi connectivity index (χ1n) is 4.12. The average Bonchev–Trinajstić information content (AvgIpc) is 2.63. The van der Waals surface area contributed by atoms with E-state index >= 15 is 0 Å². The van der Waals surface area contributed by atoms with Crippen LogP contribution in [0.4, 0.5) is 5.82 Å². The molecule has 0 unspecified atom stereocenters. The summed E-state index contributed by atoms with van der Waals surface area (Å²) in [4.78, 5) is 1.59. The minimum absolute atomic E-state index is 0.275. The molecule has 5 heteroatoms. The molecule has 1 atom stereocenters. The van der Waals surface area contributed by atoms with Crippen molar-refractivity contribution in [3.63, 3.8) is 0 Å². The molecule has 2 rings (SSSR count). The first-order chi connectivity index (χ1) is 5.84. The number of nitrogens with two attached hydrogens (primary N) is 1. The number of ether oxygens (including phenoxy) is 1. The molecule has 0 spiro atoms. The number of nitrogens with zero attached hydrogens (tertiary/aromatic N) is 3. The van der Waals surface area contributed by atoms with Crippen molar-refractivity contribution in [2.24, 2.45) is 0 Å². The van der Waals surface area contributed by atoms with Crippen LogP contribution >= 0.6 is 0 Å². The Morgan fingerprint density at radius 1 is 1.75 bits per heavy atom. The average molecular weight is 168 g/mol. The van der Waals surface area contributed by atoms with Crippen LogP contribution in [0.3, 0.4) is 0 Å². The lowest BCUT2D eigenvalue weighted by molar-refractivity contribution is 0.0903. The molecule has 0 aromatic carbocycles. The normalized spacial score (nSPS) is 23.2. The minimum atomic E-state index is 0.275. The maximum absolute atomic E-state index is 5.42. The first kappa shape index (κ1) is 7.54. The van der Waals surface area contributed by atoms with E-state index < -0.39 is 0 Å². The molecular weight excluding hydrogens is 156 g/mol. The van der Waals surface area contributed by atoms with Crippen LogP contribution in [0, 0.1) is 0 Å². The highest BCUT2D eigenvalue weighted by molar-refractivity contribution is 5.19. The Balaban J connectivity index is 1.94. The molecule has 0 bridgehead atoms. The molecule has 12 heavy (non-hydrogen) atoms. The van der Waals surface area contributed by atoms with Gasteiger partial charge in [0.1, 0.15) is 0 Å². The summed E-state index contributed by atoms with van der Waals surface area (Å²) in [5.41, 5.74) is 5.42. The Kier molecular flexibility index (Phi) is 1.95. The summed E-state index contributed by atoms with van der Waals surface area (Å²) in [5, 5.41) is 7.96. The summed E-state index contributed by atoms with van der Waals surface area (Å²) in [6.07, 6.45) is 4.06. The maximum Gasteiger partial charge on any atom is 0.165 e. The van der Waals surface area contributed by atoms with Crippen LogP contribution in [0.15, 0.2) is 6.20 Å². The van der Waals surface area contributed by atoms with E-state index in [-0.39, 0.29) is 6.10 Å². The maximum atomic E-state index is 5.42. The molecule has 5 nitrogen and oxygen atoms in total. The van der Waals surface area contributed by atoms with E-state index in [1.165, 1.54) is 0 Å². The zero-order valence-corrected chi connectivity index (χ0v) is 6.81. The zero-order chi connectivity index (χ0) is 8.39. The molecule has 66 valence electrons. The lowest BCUT2D eigenvalue weighted by Crippen LogP contribution is -2.17. The van der Waals surface area contributed by atoms with Gasteiger partial charge in [-0.2, -0.15) is 9.90 Å². The third-order valence-electron chi connectivity index (χ3n) is 1.95.